The minimum Gasteiger partial charge on any atom is -0.411 e. The highest BCUT2D eigenvalue weighted by atomic mass is 16.5. The van der Waals surface area contributed by atoms with Gasteiger partial charge in [-0.3, -0.25) is 0 Å². The van der Waals surface area contributed by atoms with E-state index in [0.29, 0.717) is 19.6 Å². The number of rotatable bonds is 5. The molecule has 9 heavy (non-hydrogen) atoms. The number of nitrogens with zero attached hydrogens (tertiary/aromatic N) is 1. The molecule has 0 aromatic rings. The van der Waals surface area contributed by atoms with Crippen molar-refractivity contribution in [3.05, 3.63) is 12.7 Å². The fraction of sp³-hybridized carbons (Fsp3) is 0.500. The van der Waals surface area contributed by atoms with Gasteiger partial charge in [0.15, 0.2) is 0 Å². The van der Waals surface area contributed by atoms with Crippen molar-refractivity contribution in [2.75, 3.05) is 13.2 Å². The van der Waals surface area contributed by atoms with Crippen LogP contribution in [0.1, 0.15) is 6.42 Å². The Labute approximate surface area is 54.6 Å². The van der Waals surface area contributed by atoms with Crippen LogP contribution in [0.25, 0.3) is 0 Å². The summed E-state index contributed by atoms with van der Waals surface area (Å²) in [5, 5.41) is 10.7. The van der Waals surface area contributed by atoms with E-state index in [1.807, 2.05) is 0 Å². The molecule has 0 unspecified atom stereocenters. The summed E-state index contributed by atoms with van der Waals surface area (Å²) in [7, 11) is 0. The molecule has 0 aliphatic rings. The zero-order valence-corrected chi connectivity index (χ0v) is 5.29. The monoisotopic (exact) mass is 129 g/mol. The van der Waals surface area contributed by atoms with Crippen LogP contribution in [0.4, 0.5) is 0 Å². The Balaban J connectivity index is 2.82. The van der Waals surface area contributed by atoms with Crippen molar-refractivity contribution >= 4 is 6.21 Å². The maximum absolute atomic E-state index is 7.92. The molecule has 0 bridgehead atoms. The lowest BCUT2D eigenvalue weighted by atomic mass is 10.5. The molecule has 0 saturated carbocycles. The van der Waals surface area contributed by atoms with Crippen molar-refractivity contribution in [3.8, 4) is 0 Å². The van der Waals surface area contributed by atoms with Crippen LogP contribution in [0.15, 0.2) is 17.8 Å². The molecule has 52 valence electrons. The van der Waals surface area contributed by atoms with Gasteiger partial charge >= 0.3 is 0 Å². The van der Waals surface area contributed by atoms with Gasteiger partial charge in [-0.05, 0) is 0 Å². The zero-order chi connectivity index (χ0) is 6.95. The molecular formula is C6H11NO2. The minimum absolute atomic E-state index is 0.555. The van der Waals surface area contributed by atoms with Crippen LogP contribution in [-0.2, 0) is 4.74 Å². The molecule has 0 saturated heterocycles. The van der Waals surface area contributed by atoms with E-state index in [4.69, 9.17) is 9.94 Å². The largest absolute Gasteiger partial charge is 0.411 e. The van der Waals surface area contributed by atoms with Crippen LogP contribution < -0.4 is 0 Å². The molecule has 0 amide bonds. The minimum atomic E-state index is 0.555. The highest BCUT2D eigenvalue weighted by Gasteiger charge is 1.79. The Morgan fingerprint density at radius 1 is 1.67 bits per heavy atom. The average Bonchev–Trinajstić information content (AvgIpc) is 1.89. The van der Waals surface area contributed by atoms with E-state index in [1.54, 1.807) is 6.08 Å². The van der Waals surface area contributed by atoms with Crippen LogP contribution in [0.5, 0.6) is 0 Å². The lowest BCUT2D eigenvalue weighted by Gasteiger charge is -1.93. The third kappa shape index (κ3) is 7.17. The van der Waals surface area contributed by atoms with Crippen LogP contribution >= 0.6 is 0 Å². The van der Waals surface area contributed by atoms with Gasteiger partial charge < -0.3 is 9.94 Å². The second kappa shape index (κ2) is 7.17. The molecule has 0 fully saturated rings. The molecule has 0 atom stereocenters. The van der Waals surface area contributed by atoms with Gasteiger partial charge in [-0.25, -0.2) is 0 Å². The summed E-state index contributed by atoms with van der Waals surface area (Å²) in [6, 6.07) is 0. The predicted octanol–water partition coefficient (Wildman–Crippen LogP) is 1.04. The Kier molecular flexibility index (Phi) is 6.51. The van der Waals surface area contributed by atoms with E-state index in [9.17, 15) is 0 Å². The first-order chi connectivity index (χ1) is 4.41. The van der Waals surface area contributed by atoms with E-state index in [2.05, 4.69) is 11.7 Å². The number of oxime groups is 1. The second-order valence-corrected chi connectivity index (χ2v) is 1.45. The van der Waals surface area contributed by atoms with E-state index < -0.39 is 0 Å². The Bertz CT molecular complexity index is 91.1. The van der Waals surface area contributed by atoms with E-state index in [-0.39, 0.29) is 0 Å². The Morgan fingerprint density at radius 2 is 2.44 bits per heavy atom. The molecule has 3 nitrogen and oxygen atoms in total. The molecule has 0 aromatic carbocycles. The van der Waals surface area contributed by atoms with Gasteiger partial charge in [-0.1, -0.05) is 6.08 Å². The van der Waals surface area contributed by atoms with Gasteiger partial charge in [-0.2, -0.15) is 0 Å². The Hall–Kier alpha value is -0.830. The first kappa shape index (κ1) is 8.17. The topological polar surface area (TPSA) is 41.8 Å². The van der Waals surface area contributed by atoms with Crippen molar-refractivity contribution in [2.45, 2.75) is 6.42 Å². The third-order valence-corrected chi connectivity index (χ3v) is 0.709. The van der Waals surface area contributed by atoms with E-state index >= 15 is 0 Å². The first-order valence-electron chi connectivity index (χ1n) is 2.76. The van der Waals surface area contributed by atoms with Gasteiger partial charge in [0.25, 0.3) is 0 Å². The highest BCUT2D eigenvalue weighted by Crippen LogP contribution is 1.78. The first-order valence-corrected chi connectivity index (χ1v) is 2.76. The molecule has 0 heterocycles. The van der Waals surface area contributed by atoms with Crippen LogP contribution in [0, 0.1) is 0 Å². The molecule has 1 N–H and O–H groups in total. The standard InChI is InChI=1S/C6H11NO2/c1-2-5-9-6-3-4-7-8/h2,4,8H,1,3,5-6H2/b7-4+. The van der Waals surface area contributed by atoms with Crippen molar-refractivity contribution in [2.24, 2.45) is 5.16 Å². The molecule has 0 aromatic heterocycles. The maximum atomic E-state index is 7.92. The summed E-state index contributed by atoms with van der Waals surface area (Å²) in [6.07, 6.45) is 3.71. The SMILES string of the molecule is C=CCOCC/C=N/O. The quantitative estimate of drug-likeness (QED) is 0.198. The lowest BCUT2D eigenvalue weighted by Crippen LogP contribution is -1.93. The van der Waals surface area contributed by atoms with Gasteiger partial charge in [0.05, 0.1) is 13.2 Å². The molecule has 0 aliphatic heterocycles. The van der Waals surface area contributed by atoms with Crippen molar-refractivity contribution in [1.29, 1.82) is 0 Å². The van der Waals surface area contributed by atoms with Crippen LogP contribution in [0.2, 0.25) is 0 Å². The van der Waals surface area contributed by atoms with E-state index in [0.717, 1.165) is 0 Å². The summed E-state index contributed by atoms with van der Waals surface area (Å²) >= 11 is 0. The fourth-order valence-electron chi connectivity index (χ4n) is 0.360. The third-order valence-electron chi connectivity index (χ3n) is 0.709. The molecule has 0 radical (unpaired) electrons. The molecule has 0 spiro atoms. The average molecular weight is 129 g/mol. The van der Waals surface area contributed by atoms with Crippen molar-refractivity contribution in [3.63, 3.8) is 0 Å². The Morgan fingerprint density at radius 3 is 3.00 bits per heavy atom. The second-order valence-electron chi connectivity index (χ2n) is 1.45. The lowest BCUT2D eigenvalue weighted by molar-refractivity contribution is 0.170. The predicted molar refractivity (Wildman–Crippen MR) is 35.9 cm³/mol. The summed E-state index contributed by atoms with van der Waals surface area (Å²) in [4.78, 5) is 0. The summed E-state index contributed by atoms with van der Waals surface area (Å²) in [5.74, 6) is 0. The summed E-state index contributed by atoms with van der Waals surface area (Å²) in [5.41, 5.74) is 0. The van der Waals surface area contributed by atoms with Gasteiger partial charge in [0.1, 0.15) is 0 Å². The van der Waals surface area contributed by atoms with Crippen molar-refractivity contribution < 1.29 is 9.94 Å². The number of ether oxygens (including phenoxy) is 1. The zero-order valence-electron chi connectivity index (χ0n) is 5.29. The molecular weight excluding hydrogens is 118 g/mol. The van der Waals surface area contributed by atoms with Crippen LogP contribution in [0.3, 0.4) is 0 Å². The normalized spacial score (nSPS) is 10.2. The smallest absolute Gasteiger partial charge is 0.0644 e. The number of hydrogen-bond donors (Lipinski definition) is 1. The van der Waals surface area contributed by atoms with Crippen LogP contribution in [-0.4, -0.2) is 24.6 Å². The van der Waals surface area contributed by atoms with Gasteiger partial charge in [-0.15, -0.1) is 11.7 Å². The fourth-order valence-corrected chi connectivity index (χ4v) is 0.360. The van der Waals surface area contributed by atoms with Gasteiger partial charge in [0, 0.05) is 12.6 Å². The highest BCUT2D eigenvalue weighted by molar-refractivity contribution is 5.56. The summed E-state index contributed by atoms with van der Waals surface area (Å²) in [6.45, 7) is 4.60. The molecule has 0 aliphatic carbocycles. The summed E-state index contributed by atoms with van der Waals surface area (Å²) < 4.78 is 4.96. The van der Waals surface area contributed by atoms with Crippen molar-refractivity contribution in [1.82, 2.24) is 0 Å². The van der Waals surface area contributed by atoms with E-state index in [1.165, 1.54) is 6.21 Å². The molecule has 0 rings (SSSR count). The maximum Gasteiger partial charge on any atom is 0.0644 e. The number of hydrogen-bond acceptors (Lipinski definition) is 3. The van der Waals surface area contributed by atoms with Gasteiger partial charge in [0.2, 0.25) is 0 Å². The molecule has 3 heteroatoms.